The van der Waals surface area contributed by atoms with Gasteiger partial charge in [-0.3, -0.25) is 4.79 Å². The van der Waals surface area contributed by atoms with Crippen LogP contribution in [-0.4, -0.2) is 35.0 Å². The summed E-state index contributed by atoms with van der Waals surface area (Å²) >= 11 is 0. The molecule has 0 aliphatic carbocycles. The van der Waals surface area contributed by atoms with Gasteiger partial charge in [0.15, 0.2) is 0 Å². The van der Waals surface area contributed by atoms with Gasteiger partial charge in [-0.1, -0.05) is 18.2 Å². The predicted molar refractivity (Wildman–Crippen MR) is 95.0 cm³/mol. The van der Waals surface area contributed by atoms with Crippen molar-refractivity contribution in [3.8, 4) is 0 Å². The number of carbonyl (C=O) groups is 2. The van der Waals surface area contributed by atoms with Crippen LogP contribution in [-0.2, 0) is 4.79 Å². The zero-order valence-electron chi connectivity index (χ0n) is 14.8. The van der Waals surface area contributed by atoms with Crippen LogP contribution in [0.25, 0.3) is 0 Å². The number of hydrogen-bond acceptors (Lipinski definition) is 2. The van der Waals surface area contributed by atoms with Gasteiger partial charge >= 0.3 is 6.03 Å². The van der Waals surface area contributed by atoms with Crippen molar-refractivity contribution >= 4 is 17.6 Å². The first-order valence-electron chi connectivity index (χ1n) is 8.88. The topological polar surface area (TPSA) is 61.4 Å². The first-order valence-corrected chi connectivity index (χ1v) is 8.88. The van der Waals surface area contributed by atoms with E-state index in [0.717, 1.165) is 48.9 Å². The summed E-state index contributed by atoms with van der Waals surface area (Å²) in [6, 6.07) is 6.69. The molecule has 2 aliphatic heterocycles. The summed E-state index contributed by atoms with van der Waals surface area (Å²) in [5.74, 6) is 0.0199. The smallest absolute Gasteiger partial charge is 0.322 e. The summed E-state index contributed by atoms with van der Waals surface area (Å²) in [5, 5.41) is 6.17. The Balaban J connectivity index is 1.74. The highest BCUT2D eigenvalue weighted by Gasteiger charge is 2.41. The van der Waals surface area contributed by atoms with Gasteiger partial charge in [0.25, 0.3) is 0 Å². The molecule has 24 heavy (non-hydrogen) atoms. The highest BCUT2D eigenvalue weighted by atomic mass is 16.2. The molecule has 1 aromatic rings. The Kier molecular flexibility index (Phi) is 4.78. The number of fused-ring (bicyclic) bond motifs is 2. The summed E-state index contributed by atoms with van der Waals surface area (Å²) in [7, 11) is 0. The normalized spacial score (nSPS) is 26.0. The fourth-order valence-electron chi connectivity index (χ4n) is 4.30. The van der Waals surface area contributed by atoms with Crippen LogP contribution in [0.15, 0.2) is 18.2 Å². The second-order valence-electron chi connectivity index (χ2n) is 7.21. The average molecular weight is 329 g/mol. The molecule has 2 bridgehead atoms. The molecule has 0 spiro atoms. The Bertz CT molecular complexity index is 609. The van der Waals surface area contributed by atoms with Crippen molar-refractivity contribution < 1.29 is 9.59 Å². The quantitative estimate of drug-likeness (QED) is 0.874. The number of piperidine rings is 2. The van der Waals surface area contributed by atoms with Crippen molar-refractivity contribution in [2.75, 3.05) is 5.32 Å². The van der Waals surface area contributed by atoms with E-state index >= 15 is 0 Å². The molecule has 3 amide bonds. The molecule has 2 N–H and O–H groups in total. The summed E-state index contributed by atoms with van der Waals surface area (Å²) in [6.07, 6.45) is 4.92. The van der Waals surface area contributed by atoms with Gasteiger partial charge in [0.05, 0.1) is 0 Å². The van der Waals surface area contributed by atoms with Crippen LogP contribution >= 0.6 is 0 Å². The highest BCUT2D eigenvalue weighted by Crippen LogP contribution is 2.35. The molecule has 0 aromatic heterocycles. The molecule has 2 fully saturated rings. The molecule has 2 heterocycles. The van der Waals surface area contributed by atoms with Crippen molar-refractivity contribution in [2.45, 2.75) is 71.0 Å². The molecule has 0 unspecified atom stereocenters. The summed E-state index contributed by atoms with van der Waals surface area (Å²) in [5.41, 5.74) is 3.09. The number of nitrogens with one attached hydrogen (secondary N) is 2. The molecule has 2 aliphatic rings. The molecule has 5 nitrogen and oxygen atoms in total. The van der Waals surface area contributed by atoms with E-state index in [1.54, 1.807) is 6.92 Å². The van der Waals surface area contributed by atoms with E-state index < -0.39 is 0 Å². The van der Waals surface area contributed by atoms with Crippen LogP contribution in [0.3, 0.4) is 0 Å². The van der Waals surface area contributed by atoms with Crippen molar-refractivity contribution in [1.29, 1.82) is 0 Å². The van der Waals surface area contributed by atoms with Crippen molar-refractivity contribution in [2.24, 2.45) is 0 Å². The number of carbonyl (C=O) groups excluding carboxylic acids is 2. The first kappa shape index (κ1) is 16.8. The fraction of sp³-hybridized carbons (Fsp3) is 0.579. The minimum Gasteiger partial charge on any atom is -0.353 e. The molecule has 5 heteroatoms. The highest BCUT2D eigenvalue weighted by molar-refractivity contribution is 5.91. The van der Waals surface area contributed by atoms with Gasteiger partial charge in [0, 0.05) is 30.7 Å². The Hall–Kier alpha value is -2.04. The zero-order chi connectivity index (χ0) is 17.3. The molecule has 1 aromatic carbocycles. The first-order chi connectivity index (χ1) is 11.5. The maximum absolute atomic E-state index is 12.9. The summed E-state index contributed by atoms with van der Waals surface area (Å²) in [4.78, 5) is 26.3. The molecular formula is C19H27N3O2. The minimum absolute atomic E-state index is 0.00313. The van der Waals surface area contributed by atoms with Gasteiger partial charge in [-0.2, -0.15) is 0 Å². The number of nitrogens with zero attached hydrogens (tertiary/aromatic N) is 1. The average Bonchev–Trinajstić information content (AvgIpc) is 2.49. The van der Waals surface area contributed by atoms with Gasteiger partial charge in [-0.25, -0.2) is 4.79 Å². The number of para-hydroxylation sites is 1. The van der Waals surface area contributed by atoms with Gasteiger partial charge in [-0.05, 0) is 57.1 Å². The van der Waals surface area contributed by atoms with Crippen LogP contribution in [0, 0.1) is 13.8 Å². The zero-order valence-corrected chi connectivity index (χ0v) is 14.8. The van der Waals surface area contributed by atoms with Crippen LogP contribution in [0.1, 0.15) is 50.2 Å². The van der Waals surface area contributed by atoms with Crippen LogP contribution in [0.4, 0.5) is 10.5 Å². The SMILES string of the molecule is CC(=O)NC1C[C@@H]2CCC[C@@H](C1)N2C(=O)Nc1c(C)cccc1C. The molecule has 3 rings (SSSR count). The predicted octanol–water partition coefficient (Wildman–Crippen LogP) is 3.36. The van der Waals surface area contributed by atoms with E-state index in [2.05, 4.69) is 10.6 Å². The molecule has 0 saturated carbocycles. The van der Waals surface area contributed by atoms with E-state index in [4.69, 9.17) is 0 Å². The second kappa shape index (κ2) is 6.83. The van der Waals surface area contributed by atoms with Gasteiger partial charge in [-0.15, -0.1) is 0 Å². The monoisotopic (exact) mass is 329 g/mol. The molecule has 0 radical (unpaired) electrons. The Morgan fingerprint density at radius 3 is 2.21 bits per heavy atom. The van der Waals surface area contributed by atoms with Gasteiger partial charge < -0.3 is 15.5 Å². The second-order valence-corrected chi connectivity index (χ2v) is 7.21. The van der Waals surface area contributed by atoms with E-state index in [1.165, 1.54) is 0 Å². The maximum atomic E-state index is 12.9. The standard InChI is InChI=1S/C19H27N3O2/c1-12-6-4-7-13(2)18(12)21-19(24)22-16-8-5-9-17(22)11-15(10-16)20-14(3)23/h4,6-7,15-17H,5,8-11H2,1-3H3,(H,20,23)(H,21,24)/t16-,17-/m0/s1. The molecule has 2 saturated heterocycles. The van der Waals surface area contributed by atoms with Gasteiger partial charge in [0.2, 0.25) is 5.91 Å². The Morgan fingerprint density at radius 2 is 1.67 bits per heavy atom. The lowest BCUT2D eigenvalue weighted by molar-refractivity contribution is -0.120. The largest absolute Gasteiger partial charge is 0.353 e. The maximum Gasteiger partial charge on any atom is 0.322 e. The van der Waals surface area contributed by atoms with E-state index in [9.17, 15) is 9.59 Å². The summed E-state index contributed by atoms with van der Waals surface area (Å²) < 4.78 is 0. The summed E-state index contributed by atoms with van der Waals surface area (Å²) in [6.45, 7) is 5.61. The Morgan fingerprint density at radius 1 is 1.08 bits per heavy atom. The Labute approximate surface area is 143 Å². The van der Waals surface area contributed by atoms with Crippen molar-refractivity contribution in [3.05, 3.63) is 29.3 Å². The molecule has 130 valence electrons. The lowest BCUT2D eigenvalue weighted by Crippen LogP contribution is -2.59. The number of hydrogen-bond donors (Lipinski definition) is 2. The third-order valence-corrected chi connectivity index (χ3v) is 5.33. The lowest BCUT2D eigenvalue weighted by Gasteiger charge is -2.48. The van der Waals surface area contributed by atoms with Crippen molar-refractivity contribution in [3.63, 3.8) is 0 Å². The fourth-order valence-corrected chi connectivity index (χ4v) is 4.30. The number of amides is 3. The minimum atomic E-state index is 0.00313. The van der Waals surface area contributed by atoms with E-state index in [0.29, 0.717) is 0 Å². The van der Waals surface area contributed by atoms with Crippen molar-refractivity contribution in [1.82, 2.24) is 10.2 Å². The van der Waals surface area contributed by atoms with Crippen LogP contribution in [0.5, 0.6) is 0 Å². The number of rotatable bonds is 2. The van der Waals surface area contributed by atoms with E-state index in [1.807, 2.05) is 36.9 Å². The number of anilines is 1. The number of aryl methyl sites for hydroxylation is 2. The van der Waals surface area contributed by atoms with Gasteiger partial charge in [0.1, 0.15) is 0 Å². The molecule has 2 atom stereocenters. The molecular weight excluding hydrogens is 302 g/mol. The third-order valence-electron chi connectivity index (χ3n) is 5.33. The number of benzene rings is 1. The van der Waals surface area contributed by atoms with Crippen LogP contribution in [0.2, 0.25) is 0 Å². The van der Waals surface area contributed by atoms with E-state index in [-0.39, 0.29) is 30.1 Å². The number of urea groups is 1. The third kappa shape index (κ3) is 3.40. The van der Waals surface area contributed by atoms with Crippen LogP contribution < -0.4 is 10.6 Å². The lowest BCUT2D eigenvalue weighted by atomic mass is 9.82.